The smallest absolute Gasteiger partial charge is 0.228 e. The van der Waals surface area contributed by atoms with E-state index in [0.29, 0.717) is 23.1 Å². The van der Waals surface area contributed by atoms with Crippen molar-refractivity contribution in [2.24, 2.45) is 11.7 Å². The molecule has 1 heterocycles. The predicted molar refractivity (Wildman–Crippen MR) is 112 cm³/mol. The third-order valence-corrected chi connectivity index (χ3v) is 5.47. The minimum absolute atomic E-state index is 0.00885. The Morgan fingerprint density at radius 3 is 2.57 bits per heavy atom. The van der Waals surface area contributed by atoms with Crippen LogP contribution in [0.15, 0.2) is 42.5 Å². The third kappa shape index (κ3) is 5.71. The van der Waals surface area contributed by atoms with Crippen molar-refractivity contribution in [2.75, 3.05) is 18.4 Å². The molecule has 3 rings (SSSR count). The summed E-state index contributed by atoms with van der Waals surface area (Å²) in [7, 11) is 0. The van der Waals surface area contributed by atoms with E-state index in [-0.39, 0.29) is 24.2 Å². The number of likely N-dealkylation sites (tertiary alicyclic amines) is 1. The predicted octanol–water partition coefficient (Wildman–Crippen LogP) is 3.87. The van der Waals surface area contributed by atoms with Gasteiger partial charge in [0.05, 0.1) is 12.3 Å². The average Bonchev–Trinajstić information content (AvgIpc) is 2.65. The van der Waals surface area contributed by atoms with Gasteiger partial charge in [0.2, 0.25) is 11.8 Å². The van der Waals surface area contributed by atoms with Gasteiger partial charge < -0.3 is 11.1 Å². The highest BCUT2D eigenvalue weighted by atomic mass is 35.5. The lowest BCUT2D eigenvalue weighted by atomic mass is 9.96. The van der Waals surface area contributed by atoms with E-state index in [1.54, 1.807) is 30.3 Å². The molecule has 0 unspecified atom stereocenters. The Morgan fingerprint density at radius 1 is 1.14 bits per heavy atom. The molecule has 28 heavy (non-hydrogen) atoms. The Bertz CT molecular complexity index is 855. The number of halogens is 2. The SMILES string of the molecule is NC(=O)Cc1ccc(NC(=O)[C@@H]2CCCN(Cc3ccc(Cl)cc3Cl)C2)cc1. The number of nitrogens with one attached hydrogen (secondary N) is 1. The number of hydrogen-bond donors (Lipinski definition) is 2. The molecule has 148 valence electrons. The molecule has 1 fully saturated rings. The van der Waals surface area contributed by atoms with Gasteiger partial charge in [-0.1, -0.05) is 41.4 Å². The maximum absolute atomic E-state index is 12.7. The quantitative estimate of drug-likeness (QED) is 0.745. The molecular weight excluding hydrogens is 397 g/mol. The summed E-state index contributed by atoms with van der Waals surface area (Å²) >= 11 is 12.2. The zero-order valence-electron chi connectivity index (χ0n) is 15.5. The van der Waals surface area contributed by atoms with Gasteiger partial charge in [0.25, 0.3) is 0 Å². The van der Waals surface area contributed by atoms with E-state index >= 15 is 0 Å². The molecule has 0 saturated carbocycles. The van der Waals surface area contributed by atoms with Crippen molar-refractivity contribution in [3.05, 3.63) is 63.6 Å². The van der Waals surface area contributed by atoms with Crippen LogP contribution in [0.3, 0.4) is 0 Å². The Balaban J connectivity index is 1.57. The van der Waals surface area contributed by atoms with E-state index in [0.717, 1.165) is 36.2 Å². The van der Waals surface area contributed by atoms with Crippen LogP contribution in [0.2, 0.25) is 10.0 Å². The van der Waals surface area contributed by atoms with Gasteiger partial charge in [0.15, 0.2) is 0 Å². The average molecular weight is 420 g/mol. The lowest BCUT2D eigenvalue weighted by molar-refractivity contribution is -0.121. The number of nitrogens with two attached hydrogens (primary N) is 1. The highest BCUT2D eigenvalue weighted by molar-refractivity contribution is 6.35. The van der Waals surface area contributed by atoms with Crippen molar-refractivity contribution in [3.63, 3.8) is 0 Å². The molecule has 2 amide bonds. The number of primary amides is 1. The van der Waals surface area contributed by atoms with Gasteiger partial charge in [0.1, 0.15) is 0 Å². The highest BCUT2D eigenvalue weighted by Gasteiger charge is 2.26. The van der Waals surface area contributed by atoms with E-state index in [2.05, 4.69) is 10.2 Å². The van der Waals surface area contributed by atoms with Gasteiger partial charge in [-0.3, -0.25) is 14.5 Å². The van der Waals surface area contributed by atoms with Crippen molar-refractivity contribution < 1.29 is 9.59 Å². The number of carbonyl (C=O) groups is 2. The van der Waals surface area contributed by atoms with Gasteiger partial charge >= 0.3 is 0 Å². The van der Waals surface area contributed by atoms with E-state index in [1.807, 2.05) is 12.1 Å². The van der Waals surface area contributed by atoms with Gasteiger partial charge in [-0.25, -0.2) is 0 Å². The van der Waals surface area contributed by atoms with Crippen LogP contribution in [0.25, 0.3) is 0 Å². The fraction of sp³-hybridized carbons (Fsp3) is 0.333. The monoisotopic (exact) mass is 419 g/mol. The summed E-state index contributed by atoms with van der Waals surface area (Å²) in [5.74, 6) is -0.445. The standard InChI is InChI=1S/C21H23Cl2N3O2/c22-17-6-5-15(19(23)11-17)12-26-9-1-2-16(13-26)21(28)25-18-7-3-14(4-8-18)10-20(24)27/h3-8,11,16H,1-2,9-10,12-13H2,(H2,24,27)(H,25,28)/t16-/m1/s1. The molecule has 2 aromatic carbocycles. The molecule has 1 saturated heterocycles. The first-order chi connectivity index (χ1) is 13.4. The molecule has 0 bridgehead atoms. The third-order valence-electron chi connectivity index (χ3n) is 4.89. The summed E-state index contributed by atoms with van der Waals surface area (Å²) in [6, 6.07) is 12.7. The van der Waals surface area contributed by atoms with E-state index in [4.69, 9.17) is 28.9 Å². The zero-order valence-corrected chi connectivity index (χ0v) is 17.0. The minimum Gasteiger partial charge on any atom is -0.369 e. The van der Waals surface area contributed by atoms with Crippen LogP contribution in [-0.2, 0) is 22.6 Å². The molecule has 1 aliphatic rings. The second kappa shape index (κ2) is 9.41. The maximum Gasteiger partial charge on any atom is 0.228 e. The number of rotatable bonds is 6. The molecule has 2 aromatic rings. The van der Waals surface area contributed by atoms with Crippen molar-refractivity contribution in [2.45, 2.75) is 25.8 Å². The molecule has 0 aliphatic carbocycles. The Hall–Kier alpha value is -2.08. The lowest BCUT2D eigenvalue weighted by Crippen LogP contribution is -2.40. The Labute approximate surface area is 174 Å². The number of benzene rings is 2. The lowest BCUT2D eigenvalue weighted by Gasteiger charge is -2.32. The summed E-state index contributed by atoms with van der Waals surface area (Å²) in [5, 5.41) is 4.24. The first kappa shape index (κ1) is 20.6. The number of amides is 2. The van der Waals surface area contributed by atoms with Gasteiger partial charge in [0, 0.05) is 28.8 Å². The number of hydrogen-bond acceptors (Lipinski definition) is 3. The summed E-state index contributed by atoms with van der Waals surface area (Å²) in [5.41, 5.74) is 7.76. The fourth-order valence-corrected chi connectivity index (χ4v) is 3.92. The number of anilines is 1. The molecule has 3 N–H and O–H groups in total. The Kier molecular flexibility index (Phi) is 6.94. The molecule has 1 aliphatic heterocycles. The van der Waals surface area contributed by atoms with Crippen LogP contribution in [-0.4, -0.2) is 29.8 Å². The topological polar surface area (TPSA) is 75.4 Å². The van der Waals surface area contributed by atoms with Crippen molar-refractivity contribution in [1.82, 2.24) is 4.90 Å². The van der Waals surface area contributed by atoms with Crippen molar-refractivity contribution >= 4 is 40.7 Å². The van der Waals surface area contributed by atoms with Crippen LogP contribution in [0.1, 0.15) is 24.0 Å². The second-order valence-electron chi connectivity index (χ2n) is 7.14. The summed E-state index contributed by atoms with van der Waals surface area (Å²) < 4.78 is 0. The minimum atomic E-state index is -0.375. The van der Waals surface area contributed by atoms with E-state index in [9.17, 15) is 9.59 Å². The first-order valence-electron chi connectivity index (χ1n) is 9.25. The van der Waals surface area contributed by atoms with E-state index in [1.165, 1.54) is 0 Å². The first-order valence-corrected chi connectivity index (χ1v) is 10.0. The van der Waals surface area contributed by atoms with Crippen LogP contribution < -0.4 is 11.1 Å². The second-order valence-corrected chi connectivity index (χ2v) is 7.98. The Morgan fingerprint density at radius 2 is 1.89 bits per heavy atom. The van der Waals surface area contributed by atoms with Crippen LogP contribution in [0.5, 0.6) is 0 Å². The molecular formula is C21H23Cl2N3O2. The van der Waals surface area contributed by atoms with Gasteiger partial charge in [-0.15, -0.1) is 0 Å². The molecule has 5 nitrogen and oxygen atoms in total. The highest BCUT2D eigenvalue weighted by Crippen LogP contribution is 2.25. The van der Waals surface area contributed by atoms with Crippen LogP contribution in [0.4, 0.5) is 5.69 Å². The largest absolute Gasteiger partial charge is 0.369 e. The van der Waals surface area contributed by atoms with E-state index < -0.39 is 0 Å². The number of nitrogens with zero attached hydrogens (tertiary/aromatic N) is 1. The molecule has 0 aromatic heterocycles. The molecule has 7 heteroatoms. The summed E-state index contributed by atoms with van der Waals surface area (Å²) in [6.07, 6.45) is 2.01. The van der Waals surface area contributed by atoms with Crippen LogP contribution in [0, 0.1) is 5.92 Å². The van der Waals surface area contributed by atoms with Crippen molar-refractivity contribution in [1.29, 1.82) is 0 Å². The maximum atomic E-state index is 12.7. The van der Waals surface area contributed by atoms with Crippen LogP contribution >= 0.6 is 23.2 Å². The molecule has 1 atom stereocenters. The number of carbonyl (C=O) groups excluding carboxylic acids is 2. The van der Waals surface area contributed by atoms with Crippen molar-refractivity contribution in [3.8, 4) is 0 Å². The molecule has 0 spiro atoms. The normalized spacial score (nSPS) is 17.3. The zero-order chi connectivity index (χ0) is 20.1. The van der Waals surface area contributed by atoms with Gasteiger partial charge in [-0.2, -0.15) is 0 Å². The summed E-state index contributed by atoms with van der Waals surface area (Å²) in [4.78, 5) is 25.9. The fourth-order valence-electron chi connectivity index (χ4n) is 3.46. The summed E-state index contributed by atoms with van der Waals surface area (Å²) in [6.45, 7) is 2.32. The molecule has 0 radical (unpaired) electrons. The number of piperidine rings is 1. The van der Waals surface area contributed by atoms with Gasteiger partial charge in [-0.05, 0) is 54.8 Å².